The van der Waals surface area contributed by atoms with Gasteiger partial charge in [0.1, 0.15) is 0 Å². The zero-order chi connectivity index (χ0) is 12.3. The van der Waals surface area contributed by atoms with E-state index in [2.05, 4.69) is 32.2 Å². The van der Waals surface area contributed by atoms with Crippen LogP contribution >= 0.6 is 11.3 Å². The highest BCUT2D eigenvalue weighted by Gasteiger charge is 2.18. The van der Waals surface area contributed by atoms with Crippen LogP contribution in [0.15, 0.2) is 6.07 Å². The molecule has 1 aliphatic rings. The number of rotatable bonds is 4. The van der Waals surface area contributed by atoms with E-state index >= 15 is 0 Å². The van der Waals surface area contributed by atoms with Crippen molar-refractivity contribution in [2.24, 2.45) is 11.8 Å². The lowest BCUT2D eigenvalue weighted by atomic mass is 9.82. The number of hydrogen-bond donors (Lipinski definition) is 1. The average molecular weight is 251 g/mol. The molecule has 2 unspecified atom stereocenters. The molecule has 2 heteroatoms. The summed E-state index contributed by atoms with van der Waals surface area (Å²) >= 11 is 1.94. The summed E-state index contributed by atoms with van der Waals surface area (Å²) in [4.78, 5) is 2.96. The van der Waals surface area contributed by atoms with Crippen molar-refractivity contribution in [3.05, 3.63) is 21.4 Å². The van der Waals surface area contributed by atoms with Crippen molar-refractivity contribution >= 4 is 11.3 Å². The van der Waals surface area contributed by atoms with Gasteiger partial charge in [0.2, 0.25) is 0 Å². The van der Waals surface area contributed by atoms with Crippen LogP contribution in [-0.4, -0.2) is 6.54 Å². The molecule has 0 spiro atoms. The lowest BCUT2D eigenvalue weighted by Crippen LogP contribution is -2.26. The molecule has 1 saturated carbocycles. The number of nitrogens with one attached hydrogen (secondary N) is 1. The molecule has 1 nitrogen and oxygen atoms in total. The minimum atomic E-state index is 0.918. The number of thiophene rings is 1. The minimum absolute atomic E-state index is 0.918. The molecule has 1 aliphatic carbocycles. The van der Waals surface area contributed by atoms with E-state index in [1.54, 1.807) is 0 Å². The average Bonchev–Trinajstić information content (AvgIpc) is 2.58. The van der Waals surface area contributed by atoms with Crippen molar-refractivity contribution in [2.75, 3.05) is 6.54 Å². The van der Waals surface area contributed by atoms with Gasteiger partial charge in [-0.3, -0.25) is 0 Å². The first-order valence-corrected chi connectivity index (χ1v) is 7.73. The van der Waals surface area contributed by atoms with Crippen molar-refractivity contribution in [3.63, 3.8) is 0 Å². The van der Waals surface area contributed by atoms with Crippen molar-refractivity contribution in [1.29, 1.82) is 0 Å². The fraction of sp³-hybridized carbons (Fsp3) is 0.733. The highest BCUT2D eigenvalue weighted by molar-refractivity contribution is 7.12. The smallest absolute Gasteiger partial charge is 0.0300 e. The van der Waals surface area contributed by atoms with E-state index in [1.807, 2.05) is 11.3 Å². The standard InChI is InChI=1S/C15H25NS/c1-11-5-4-6-14(7-11)9-16-10-15-8-12(2)13(3)17-15/h8,11,14,16H,4-7,9-10H2,1-3H3. The predicted molar refractivity (Wildman–Crippen MR) is 76.6 cm³/mol. The maximum atomic E-state index is 3.64. The molecule has 0 saturated heterocycles. The second-order valence-electron chi connectivity index (χ2n) is 5.72. The SMILES string of the molecule is Cc1cc(CNCC2CCCC(C)C2)sc1C. The predicted octanol–water partition coefficient (Wildman–Crippen LogP) is 4.28. The molecule has 96 valence electrons. The second-order valence-corrected chi connectivity index (χ2v) is 7.06. The Bertz CT molecular complexity index is 336. The van der Waals surface area contributed by atoms with E-state index in [9.17, 15) is 0 Å². The number of aryl methyl sites for hydroxylation is 2. The Morgan fingerprint density at radius 3 is 2.82 bits per heavy atom. The van der Waals surface area contributed by atoms with Crippen molar-refractivity contribution in [2.45, 2.75) is 53.0 Å². The van der Waals surface area contributed by atoms with Crippen molar-refractivity contribution in [1.82, 2.24) is 5.32 Å². The van der Waals surface area contributed by atoms with Gasteiger partial charge < -0.3 is 5.32 Å². The van der Waals surface area contributed by atoms with Crippen LogP contribution < -0.4 is 5.32 Å². The summed E-state index contributed by atoms with van der Waals surface area (Å²) in [6.45, 7) is 9.09. The molecule has 2 rings (SSSR count). The maximum Gasteiger partial charge on any atom is 0.0300 e. The zero-order valence-corrected chi connectivity index (χ0v) is 12.2. The first-order valence-electron chi connectivity index (χ1n) is 6.91. The fourth-order valence-electron chi connectivity index (χ4n) is 2.88. The Kier molecular flexibility index (Phi) is 4.63. The van der Waals surface area contributed by atoms with Crippen molar-refractivity contribution in [3.8, 4) is 0 Å². The molecular formula is C15H25NS. The third-order valence-electron chi connectivity index (χ3n) is 3.99. The molecule has 17 heavy (non-hydrogen) atoms. The minimum Gasteiger partial charge on any atom is -0.312 e. The van der Waals surface area contributed by atoms with Crippen LogP contribution in [0, 0.1) is 25.7 Å². The van der Waals surface area contributed by atoms with Gasteiger partial charge in [-0.2, -0.15) is 0 Å². The van der Waals surface area contributed by atoms with Gasteiger partial charge in [-0.15, -0.1) is 11.3 Å². The first kappa shape index (κ1) is 13.1. The lowest BCUT2D eigenvalue weighted by molar-refractivity contribution is 0.274. The van der Waals surface area contributed by atoms with Gasteiger partial charge in [0.15, 0.2) is 0 Å². The van der Waals surface area contributed by atoms with Crippen molar-refractivity contribution < 1.29 is 0 Å². The molecule has 1 heterocycles. The summed E-state index contributed by atoms with van der Waals surface area (Å²) in [5, 5.41) is 3.64. The normalized spacial score (nSPS) is 25.1. The highest BCUT2D eigenvalue weighted by Crippen LogP contribution is 2.28. The summed E-state index contributed by atoms with van der Waals surface area (Å²) in [5.74, 6) is 1.86. The lowest BCUT2D eigenvalue weighted by Gasteiger charge is -2.26. The first-order chi connectivity index (χ1) is 8.15. The summed E-state index contributed by atoms with van der Waals surface area (Å²) in [7, 11) is 0. The van der Waals surface area contributed by atoms with Gasteiger partial charge in [0.25, 0.3) is 0 Å². The third kappa shape index (κ3) is 3.82. The Hall–Kier alpha value is -0.340. The van der Waals surface area contributed by atoms with Gasteiger partial charge in [0, 0.05) is 16.3 Å². The third-order valence-corrected chi connectivity index (χ3v) is 5.15. The van der Waals surface area contributed by atoms with Gasteiger partial charge >= 0.3 is 0 Å². The Morgan fingerprint density at radius 2 is 2.18 bits per heavy atom. The van der Waals surface area contributed by atoms with E-state index in [0.29, 0.717) is 0 Å². The molecular weight excluding hydrogens is 226 g/mol. The van der Waals surface area contributed by atoms with Gasteiger partial charge in [-0.25, -0.2) is 0 Å². The van der Waals surface area contributed by atoms with Gasteiger partial charge in [-0.05, 0) is 56.7 Å². The molecule has 0 aliphatic heterocycles. The summed E-state index contributed by atoms with van der Waals surface area (Å²) < 4.78 is 0. The van der Waals surface area contributed by atoms with Crippen LogP contribution in [0.25, 0.3) is 0 Å². The molecule has 0 amide bonds. The molecule has 1 fully saturated rings. The monoisotopic (exact) mass is 251 g/mol. The van der Waals surface area contributed by atoms with Gasteiger partial charge in [-0.1, -0.05) is 19.8 Å². The Labute approximate surface area is 110 Å². The van der Waals surface area contributed by atoms with Crippen LogP contribution in [0.4, 0.5) is 0 Å². The summed E-state index contributed by atoms with van der Waals surface area (Å²) in [6.07, 6.45) is 5.74. The van der Waals surface area contributed by atoms with Crippen LogP contribution in [-0.2, 0) is 6.54 Å². The fourth-order valence-corrected chi connectivity index (χ4v) is 3.90. The van der Waals surface area contributed by atoms with E-state index in [-0.39, 0.29) is 0 Å². The summed E-state index contributed by atoms with van der Waals surface area (Å²) in [5.41, 5.74) is 1.44. The Morgan fingerprint density at radius 1 is 1.35 bits per heavy atom. The topological polar surface area (TPSA) is 12.0 Å². The van der Waals surface area contributed by atoms with Crippen LogP contribution in [0.1, 0.15) is 47.9 Å². The van der Waals surface area contributed by atoms with Crippen LogP contribution in [0.3, 0.4) is 0 Å². The van der Waals surface area contributed by atoms with E-state index in [0.717, 1.165) is 18.4 Å². The molecule has 1 aromatic rings. The molecule has 0 bridgehead atoms. The molecule has 1 N–H and O–H groups in total. The van der Waals surface area contributed by atoms with Crippen LogP contribution in [0.2, 0.25) is 0 Å². The molecule has 1 aromatic heterocycles. The van der Waals surface area contributed by atoms with E-state index in [1.165, 1.54) is 47.5 Å². The largest absolute Gasteiger partial charge is 0.312 e. The summed E-state index contributed by atoms with van der Waals surface area (Å²) in [6, 6.07) is 2.33. The maximum absolute atomic E-state index is 3.64. The molecule has 0 aromatic carbocycles. The van der Waals surface area contributed by atoms with Gasteiger partial charge in [0.05, 0.1) is 0 Å². The van der Waals surface area contributed by atoms with E-state index in [4.69, 9.17) is 0 Å². The second kappa shape index (κ2) is 6.01. The van der Waals surface area contributed by atoms with Crippen LogP contribution in [0.5, 0.6) is 0 Å². The zero-order valence-electron chi connectivity index (χ0n) is 11.4. The quantitative estimate of drug-likeness (QED) is 0.842. The molecule has 2 atom stereocenters. The van der Waals surface area contributed by atoms with E-state index < -0.39 is 0 Å². The number of hydrogen-bond acceptors (Lipinski definition) is 2. The molecule has 0 radical (unpaired) electrons. The Balaban J connectivity index is 1.72. The highest BCUT2D eigenvalue weighted by atomic mass is 32.1.